The smallest absolute Gasteiger partial charge is 0.395 e. The summed E-state index contributed by atoms with van der Waals surface area (Å²) >= 11 is 0. The van der Waals surface area contributed by atoms with E-state index in [4.69, 9.17) is 0 Å². The highest BCUT2D eigenvalue weighted by Crippen LogP contribution is 2.52. The number of Topliss-reactive ketones (excluding diaryl/α,β-unsaturated/α-hetero) is 1. The van der Waals surface area contributed by atoms with Crippen molar-refractivity contribution < 1.29 is 36.3 Å². The second kappa shape index (κ2) is 8.65. The van der Waals surface area contributed by atoms with E-state index in [0.29, 0.717) is 18.4 Å². The van der Waals surface area contributed by atoms with Gasteiger partial charge in [-0.3, -0.25) is 9.59 Å². The summed E-state index contributed by atoms with van der Waals surface area (Å²) in [5, 5.41) is 0. The maximum Gasteiger partial charge on any atom is 0.586 e. The van der Waals surface area contributed by atoms with E-state index in [1.165, 1.54) is 18.2 Å². The highest BCUT2D eigenvalue weighted by molar-refractivity contribution is 7.89. The first-order valence-electron chi connectivity index (χ1n) is 11.5. The fraction of sp³-hybridized carbons (Fsp3) is 0.259. The average Bonchev–Trinajstić information content (AvgIpc) is 3.55. The van der Waals surface area contributed by atoms with Crippen LogP contribution in [-0.2, 0) is 26.7 Å². The van der Waals surface area contributed by atoms with Crippen LogP contribution in [0.3, 0.4) is 0 Å². The lowest BCUT2D eigenvalue weighted by molar-refractivity contribution is -0.286. The lowest BCUT2D eigenvalue weighted by Crippen LogP contribution is -2.29. The number of carbonyl (C=O) groups excluding carboxylic acids is 2. The van der Waals surface area contributed by atoms with E-state index >= 15 is 0 Å². The number of alkyl halides is 2. The van der Waals surface area contributed by atoms with E-state index in [9.17, 15) is 26.8 Å². The predicted octanol–water partition coefficient (Wildman–Crippen LogP) is 4.52. The highest BCUT2D eigenvalue weighted by Gasteiger charge is 2.52. The molecule has 10 heteroatoms. The molecule has 5 rings (SSSR count). The standard InChI is InChI=1S/C27H23F2NO6S/c1-16-12-17(6-8-21(16)18-4-3-5-19(14-18)25(32)30-37(2,33)34)13-24(31)26(10-11-26)20-7-9-22-23(15-20)36-27(28,29)35-22/h3-9,12,14-15H,10-11,13H2,1-2H3,(H,30,32). The van der Waals surface area contributed by atoms with Gasteiger partial charge in [0.2, 0.25) is 10.0 Å². The van der Waals surface area contributed by atoms with Crippen molar-refractivity contribution in [3.05, 3.63) is 82.9 Å². The normalized spacial score (nSPS) is 16.8. The van der Waals surface area contributed by atoms with Gasteiger partial charge in [0.15, 0.2) is 11.5 Å². The van der Waals surface area contributed by atoms with E-state index in [-0.39, 0.29) is 29.3 Å². The second-order valence-corrected chi connectivity index (χ2v) is 11.2. The fourth-order valence-electron chi connectivity index (χ4n) is 4.67. The summed E-state index contributed by atoms with van der Waals surface area (Å²) in [6.07, 6.45) is -1.38. The van der Waals surface area contributed by atoms with Gasteiger partial charge in [0.25, 0.3) is 5.91 Å². The number of hydrogen-bond donors (Lipinski definition) is 1. The minimum absolute atomic E-state index is 0.00952. The molecule has 7 nitrogen and oxygen atoms in total. The summed E-state index contributed by atoms with van der Waals surface area (Å²) in [6.45, 7) is 1.89. The molecule has 0 aromatic heterocycles. The van der Waals surface area contributed by atoms with Gasteiger partial charge in [-0.05, 0) is 71.8 Å². The molecule has 1 fully saturated rings. The number of carbonyl (C=O) groups is 2. The van der Waals surface area contributed by atoms with Crippen LogP contribution in [0.1, 0.15) is 39.9 Å². The van der Waals surface area contributed by atoms with E-state index in [2.05, 4.69) is 9.47 Å². The van der Waals surface area contributed by atoms with E-state index in [1.807, 2.05) is 35.9 Å². The van der Waals surface area contributed by atoms with Gasteiger partial charge in [-0.25, -0.2) is 13.1 Å². The number of fused-ring (bicyclic) bond motifs is 1. The molecule has 0 unspecified atom stereocenters. The van der Waals surface area contributed by atoms with Crippen LogP contribution in [0.25, 0.3) is 11.1 Å². The van der Waals surface area contributed by atoms with Crippen LogP contribution in [0, 0.1) is 6.92 Å². The van der Waals surface area contributed by atoms with Gasteiger partial charge in [0.1, 0.15) is 5.78 Å². The first-order valence-corrected chi connectivity index (χ1v) is 13.4. The second-order valence-electron chi connectivity index (χ2n) is 9.44. The SMILES string of the molecule is Cc1cc(CC(=O)C2(c3ccc4c(c3)OC(F)(F)O4)CC2)ccc1-c1cccc(C(=O)NS(C)(=O)=O)c1. The maximum atomic E-state index is 13.4. The third-order valence-electron chi connectivity index (χ3n) is 6.61. The Hall–Kier alpha value is -3.79. The molecule has 1 amide bonds. The van der Waals surface area contributed by atoms with Crippen LogP contribution in [-0.4, -0.2) is 32.7 Å². The summed E-state index contributed by atoms with van der Waals surface area (Å²) in [5.41, 5.74) is 3.35. The zero-order chi connectivity index (χ0) is 26.6. The van der Waals surface area contributed by atoms with Crippen LogP contribution in [0.4, 0.5) is 8.78 Å². The number of ketones is 1. The van der Waals surface area contributed by atoms with Crippen molar-refractivity contribution in [2.24, 2.45) is 0 Å². The highest BCUT2D eigenvalue weighted by atomic mass is 32.2. The largest absolute Gasteiger partial charge is 0.586 e. The van der Waals surface area contributed by atoms with Crippen LogP contribution in [0.5, 0.6) is 11.5 Å². The minimum atomic E-state index is -3.71. The summed E-state index contributed by atoms with van der Waals surface area (Å²) in [6, 6.07) is 16.7. The maximum absolute atomic E-state index is 13.4. The topological polar surface area (TPSA) is 98.8 Å². The molecule has 192 valence electrons. The van der Waals surface area contributed by atoms with Gasteiger partial charge < -0.3 is 9.47 Å². The van der Waals surface area contributed by atoms with Crippen molar-refractivity contribution in [3.63, 3.8) is 0 Å². The van der Waals surface area contributed by atoms with Crippen LogP contribution >= 0.6 is 0 Å². The average molecular weight is 528 g/mol. The molecule has 1 aliphatic carbocycles. The van der Waals surface area contributed by atoms with Crippen molar-refractivity contribution >= 4 is 21.7 Å². The van der Waals surface area contributed by atoms with Crippen LogP contribution < -0.4 is 14.2 Å². The molecule has 0 saturated heterocycles. The number of aryl methyl sites for hydroxylation is 1. The first-order chi connectivity index (χ1) is 17.4. The summed E-state index contributed by atoms with van der Waals surface area (Å²) in [4.78, 5) is 25.5. The number of amides is 1. The Morgan fingerprint density at radius 3 is 2.38 bits per heavy atom. The summed E-state index contributed by atoms with van der Waals surface area (Å²) < 4.78 is 60.5. The minimum Gasteiger partial charge on any atom is -0.395 e. The number of hydrogen-bond acceptors (Lipinski definition) is 6. The van der Waals surface area contributed by atoms with Crippen molar-refractivity contribution in [1.82, 2.24) is 4.72 Å². The molecule has 1 aliphatic heterocycles. The zero-order valence-corrected chi connectivity index (χ0v) is 20.8. The molecule has 1 saturated carbocycles. The Kier molecular flexibility index (Phi) is 5.82. The molecule has 0 atom stereocenters. The summed E-state index contributed by atoms with van der Waals surface area (Å²) in [7, 11) is -3.69. The number of rotatable bonds is 7. The molecule has 37 heavy (non-hydrogen) atoms. The van der Waals surface area contributed by atoms with Gasteiger partial charge in [0.05, 0.1) is 11.7 Å². The molecule has 0 bridgehead atoms. The van der Waals surface area contributed by atoms with Crippen molar-refractivity contribution in [1.29, 1.82) is 0 Å². The van der Waals surface area contributed by atoms with E-state index in [1.54, 1.807) is 18.2 Å². The van der Waals surface area contributed by atoms with Gasteiger partial charge in [0, 0.05) is 12.0 Å². The Labute approximate surface area is 212 Å². The van der Waals surface area contributed by atoms with Gasteiger partial charge in [-0.1, -0.05) is 36.4 Å². The van der Waals surface area contributed by atoms with Crippen molar-refractivity contribution in [3.8, 4) is 22.6 Å². The van der Waals surface area contributed by atoms with Crippen LogP contribution in [0.2, 0.25) is 0 Å². The molecule has 0 spiro atoms. The molecular weight excluding hydrogens is 504 g/mol. The lowest BCUT2D eigenvalue weighted by atomic mass is 9.87. The lowest BCUT2D eigenvalue weighted by Gasteiger charge is -2.16. The first kappa shape index (κ1) is 24.9. The third kappa shape index (κ3) is 5.06. The molecule has 2 aliphatic rings. The number of ether oxygens (including phenoxy) is 2. The van der Waals surface area contributed by atoms with Crippen molar-refractivity contribution in [2.75, 3.05) is 6.26 Å². The molecular formula is C27H23F2NO6S. The Bertz CT molecular complexity index is 1550. The predicted molar refractivity (Wildman–Crippen MR) is 131 cm³/mol. The Balaban J connectivity index is 1.34. The zero-order valence-electron chi connectivity index (χ0n) is 20.0. The van der Waals surface area contributed by atoms with Crippen LogP contribution in [0.15, 0.2) is 60.7 Å². The van der Waals surface area contributed by atoms with Gasteiger partial charge >= 0.3 is 6.29 Å². The van der Waals surface area contributed by atoms with Crippen molar-refractivity contribution in [2.45, 2.75) is 37.9 Å². The van der Waals surface area contributed by atoms with E-state index in [0.717, 1.165) is 28.5 Å². The summed E-state index contributed by atoms with van der Waals surface area (Å²) in [5.74, 6) is -0.855. The number of benzene rings is 3. The quantitative estimate of drug-likeness (QED) is 0.485. The molecule has 0 radical (unpaired) electrons. The van der Waals surface area contributed by atoms with Gasteiger partial charge in [-0.15, -0.1) is 8.78 Å². The van der Waals surface area contributed by atoms with E-state index < -0.39 is 27.6 Å². The molecule has 1 N–H and O–H groups in total. The Morgan fingerprint density at radius 2 is 1.70 bits per heavy atom. The molecule has 1 heterocycles. The number of sulfonamides is 1. The number of halogens is 2. The van der Waals surface area contributed by atoms with Gasteiger partial charge in [-0.2, -0.15) is 0 Å². The third-order valence-corrected chi connectivity index (χ3v) is 7.16. The molecule has 3 aromatic rings. The monoisotopic (exact) mass is 527 g/mol. The fourth-order valence-corrected chi connectivity index (χ4v) is 5.12. The molecule has 3 aromatic carbocycles. The number of nitrogens with one attached hydrogen (secondary N) is 1. The Morgan fingerprint density at radius 1 is 0.973 bits per heavy atom.